The number of nitrogens with zero attached hydrogens (tertiary/aromatic N) is 1. The molecule has 1 unspecified atom stereocenters. The Morgan fingerprint density at radius 1 is 0.860 bits per heavy atom. The number of ether oxygens (including phenoxy) is 4. The van der Waals surface area contributed by atoms with E-state index in [1.807, 2.05) is 50.2 Å². The SMILES string of the molecule is COc1cc(OC)cc(C(C)(O)c2ccc(N3Cc4cc(OC(C)C)c(OC)cc4CC3=O)cc2)c1.Clc1cc#ccc1. The molecule has 0 bridgehead atoms. The second-order valence-electron chi connectivity index (χ2n) is 10.5. The summed E-state index contributed by atoms with van der Waals surface area (Å²) in [4.78, 5) is 14.8. The van der Waals surface area contributed by atoms with E-state index in [1.54, 1.807) is 69.6 Å². The fraction of sp³-hybridized carbons (Fsp3) is 0.286. The average Bonchev–Trinajstić information content (AvgIpc) is 3.00. The van der Waals surface area contributed by atoms with Crippen LogP contribution in [0.3, 0.4) is 0 Å². The lowest BCUT2D eigenvalue weighted by molar-refractivity contribution is -0.118. The smallest absolute Gasteiger partial charge is 0.231 e. The molecule has 1 atom stereocenters. The van der Waals surface area contributed by atoms with E-state index >= 15 is 0 Å². The van der Waals surface area contributed by atoms with Crippen molar-refractivity contribution in [1.29, 1.82) is 0 Å². The van der Waals surface area contributed by atoms with Crippen molar-refractivity contribution in [3.05, 3.63) is 112 Å². The van der Waals surface area contributed by atoms with Crippen LogP contribution in [0.2, 0.25) is 5.02 Å². The molecular formula is C35H36ClNO6. The van der Waals surface area contributed by atoms with E-state index in [-0.39, 0.29) is 18.4 Å². The molecule has 1 aliphatic rings. The highest BCUT2D eigenvalue weighted by molar-refractivity contribution is 6.30. The zero-order chi connectivity index (χ0) is 31.1. The molecule has 1 heterocycles. The Bertz CT molecular complexity index is 1510. The third-order valence-corrected chi connectivity index (χ3v) is 7.33. The molecule has 7 nitrogen and oxygen atoms in total. The van der Waals surface area contributed by atoms with Gasteiger partial charge in [-0.3, -0.25) is 4.79 Å². The molecule has 0 saturated carbocycles. The molecule has 0 saturated heterocycles. The fourth-order valence-electron chi connectivity index (χ4n) is 4.76. The number of hydrogen-bond acceptors (Lipinski definition) is 6. The van der Waals surface area contributed by atoms with Gasteiger partial charge in [-0.25, -0.2) is 0 Å². The quantitative estimate of drug-likeness (QED) is 0.240. The van der Waals surface area contributed by atoms with Crippen molar-refractivity contribution in [2.75, 3.05) is 26.2 Å². The number of carbonyl (C=O) groups excluding carboxylic acids is 1. The maximum absolute atomic E-state index is 13.0. The number of anilines is 1. The highest BCUT2D eigenvalue weighted by atomic mass is 35.5. The van der Waals surface area contributed by atoms with Crippen molar-refractivity contribution in [2.45, 2.75) is 45.4 Å². The molecule has 0 spiro atoms. The first kappa shape index (κ1) is 31.6. The van der Waals surface area contributed by atoms with Crippen LogP contribution < -0.4 is 23.8 Å². The average molecular weight is 602 g/mol. The van der Waals surface area contributed by atoms with E-state index in [0.29, 0.717) is 45.7 Å². The highest BCUT2D eigenvalue weighted by Gasteiger charge is 2.29. The predicted octanol–water partition coefficient (Wildman–Crippen LogP) is 6.79. The molecule has 43 heavy (non-hydrogen) atoms. The van der Waals surface area contributed by atoms with Crippen LogP contribution in [0.15, 0.2) is 72.8 Å². The lowest BCUT2D eigenvalue weighted by atomic mass is 9.87. The lowest BCUT2D eigenvalue weighted by Crippen LogP contribution is -2.36. The maximum Gasteiger partial charge on any atom is 0.231 e. The molecule has 0 fully saturated rings. The number of rotatable bonds is 8. The molecule has 5 rings (SSSR count). The number of benzene rings is 3. The summed E-state index contributed by atoms with van der Waals surface area (Å²) in [5.74, 6) is 2.48. The molecule has 4 aromatic rings. The van der Waals surface area contributed by atoms with Crippen LogP contribution in [0.1, 0.15) is 43.0 Å². The number of carbonyl (C=O) groups is 1. The molecule has 1 amide bonds. The van der Waals surface area contributed by atoms with Crippen LogP contribution in [0, 0.1) is 12.1 Å². The zero-order valence-electron chi connectivity index (χ0n) is 25.2. The van der Waals surface area contributed by atoms with Gasteiger partial charge in [-0.15, -0.1) is 0 Å². The Morgan fingerprint density at radius 3 is 2.02 bits per heavy atom. The minimum Gasteiger partial charge on any atom is -0.497 e. The number of halogens is 1. The molecule has 8 heteroatoms. The van der Waals surface area contributed by atoms with Crippen LogP contribution in [0.25, 0.3) is 0 Å². The summed E-state index contributed by atoms with van der Waals surface area (Å²) in [6.07, 6.45) is 0.277. The largest absolute Gasteiger partial charge is 0.497 e. The molecule has 4 aromatic carbocycles. The number of methoxy groups -OCH3 is 3. The minimum atomic E-state index is -1.29. The monoisotopic (exact) mass is 601 g/mol. The van der Waals surface area contributed by atoms with Crippen LogP contribution in [-0.2, 0) is 23.4 Å². The first-order valence-electron chi connectivity index (χ1n) is 13.8. The summed E-state index contributed by atoms with van der Waals surface area (Å²) in [5.41, 5.74) is 2.75. The van der Waals surface area contributed by atoms with Gasteiger partial charge in [-0.2, -0.15) is 0 Å². The van der Waals surface area contributed by atoms with E-state index in [1.165, 1.54) is 0 Å². The molecular weight excluding hydrogens is 566 g/mol. The third kappa shape index (κ3) is 7.53. The van der Waals surface area contributed by atoms with Crippen LogP contribution in [0.5, 0.6) is 23.0 Å². The Labute approximate surface area is 258 Å². The summed E-state index contributed by atoms with van der Waals surface area (Å²) in [5, 5.41) is 12.1. The van der Waals surface area contributed by atoms with Crippen molar-refractivity contribution in [2.24, 2.45) is 0 Å². The standard InChI is InChI=1S/C29H33NO6.C6H3Cl/c1-18(2)36-27-12-20-17-30(28(31)13-19(20)11-26(27)35-6)23-9-7-21(8-10-23)29(3,32)22-14-24(33-4)16-25(15-22)34-5;7-6-4-2-1-3-5-6/h7-12,14-16,18,32H,13,17H2,1-6H3;2,4-5H. The lowest BCUT2D eigenvalue weighted by Gasteiger charge is -2.31. The van der Waals surface area contributed by atoms with Crippen molar-refractivity contribution >= 4 is 23.2 Å². The zero-order valence-corrected chi connectivity index (χ0v) is 26.0. The van der Waals surface area contributed by atoms with Crippen molar-refractivity contribution < 1.29 is 28.8 Å². The van der Waals surface area contributed by atoms with Gasteiger partial charge in [0.15, 0.2) is 11.5 Å². The Kier molecular flexibility index (Phi) is 10.1. The van der Waals surface area contributed by atoms with Crippen molar-refractivity contribution in [3.63, 3.8) is 0 Å². The van der Waals surface area contributed by atoms with E-state index in [2.05, 4.69) is 12.1 Å². The Morgan fingerprint density at radius 2 is 1.51 bits per heavy atom. The second-order valence-corrected chi connectivity index (χ2v) is 10.9. The topological polar surface area (TPSA) is 77.5 Å². The van der Waals surface area contributed by atoms with E-state index in [0.717, 1.165) is 16.8 Å². The first-order chi connectivity index (χ1) is 20.5. The van der Waals surface area contributed by atoms with Gasteiger partial charge < -0.3 is 29.0 Å². The summed E-state index contributed by atoms with van der Waals surface area (Å²) in [7, 11) is 4.75. The van der Waals surface area contributed by atoms with Crippen molar-refractivity contribution in [1.82, 2.24) is 0 Å². The molecule has 0 aromatic heterocycles. The summed E-state index contributed by atoms with van der Waals surface area (Å²) in [6, 6.07) is 27.2. The molecule has 1 aliphatic heterocycles. The van der Waals surface area contributed by atoms with Gasteiger partial charge in [-0.1, -0.05) is 35.9 Å². The third-order valence-electron chi connectivity index (χ3n) is 7.09. The van der Waals surface area contributed by atoms with Gasteiger partial charge >= 0.3 is 0 Å². The molecule has 224 valence electrons. The van der Waals surface area contributed by atoms with Gasteiger partial charge in [0, 0.05) is 22.8 Å². The van der Waals surface area contributed by atoms with E-state index in [4.69, 9.17) is 30.5 Å². The van der Waals surface area contributed by atoms with Crippen LogP contribution in [0.4, 0.5) is 5.69 Å². The fourth-order valence-corrected chi connectivity index (χ4v) is 4.88. The Balaban J connectivity index is 0.000000530. The van der Waals surface area contributed by atoms with Crippen LogP contribution in [-0.4, -0.2) is 38.4 Å². The minimum absolute atomic E-state index is 0.000812. The first-order valence-corrected chi connectivity index (χ1v) is 14.2. The number of hydrogen-bond donors (Lipinski definition) is 1. The maximum atomic E-state index is 13.0. The van der Waals surface area contributed by atoms with Gasteiger partial charge in [0.05, 0.1) is 40.4 Å². The number of aliphatic hydroxyl groups is 1. The summed E-state index contributed by atoms with van der Waals surface area (Å²) < 4.78 is 22.1. The van der Waals surface area contributed by atoms with E-state index in [9.17, 15) is 9.90 Å². The Hall–Kier alpha value is -4.38. The predicted molar refractivity (Wildman–Crippen MR) is 167 cm³/mol. The summed E-state index contributed by atoms with van der Waals surface area (Å²) in [6.45, 7) is 6.08. The van der Waals surface area contributed by atoms with Crippen molar-refractivity contribution in [3.8, 4) is 23.0 Å². The highest BCUT2D eigenvalue weighted by Crippen LogP contribution is 2.38. The van der Waals surface area contributed by atoms with Crippen LogP contribution >= 0.6 is 11.6 Å². The van der Waals surface area contributed by atoms with Gasteiger partial charge in [0.2, 0.25) is 5.91 Å². The van der Waals surface area contributed by atoms with Gasteiger partial charge in [0.25, 0.3) is 0 Å². The summed E-state index contributed by atoms with van der Waals surface area (Å²) >= 11 is 5.49. The van der Waals surface area contributed by atoms with Gasteiger partial charge in [0.1, 0.15) is 17.1 Å². The molecule has 0 aliphatic carbocycles. The second kappa shape index (κ2) is 13.7. The number of amides is 1. The normalized spacial score (nSPS) is 13.6. The molecule has 1 N–H and O–H groups in total. The number of fused-ring (bicyclic) bond motifs is 1. The molecule has 0 radical (unpaired) electrons. The van der Waals surface area contributed by atoms with E-state index < -0.39 is 5.60 Å². The van der Waals surface area contributed by atoms with Gasteiger partial charge in [-0.05, 0) is 91.6 Å².